The van der Waals surface area contributed by atoms with Gasteiger partial charge in [0.15, 0.2) is 0 Å². The minimum Gasteiger partial charge on any atom is -0.310 e. The number of hydrogen-bond acceptors (Lipinski definition) is 2. The van der Waals surface area contributed by atoms with Crippen LogP contribution in [-0.2, 0) is 6.54 Å². The Labute approximate surface area is 115 Å². The molecule has 2 aromatic rings. The molecule has 3 nitrogen and oxygen atoms in total. The summed E-state index contributed by atoms with van der Waals surface area (Å²) in [6, 6.07) is 9.30. The zero-order valence-electron chi connectivity index (χ0n) is 10.1. The number of aromatic amines is 1. The second kappa shape index (κ2) is 5.24. The summed E-state index contributed by atoms with van der Waals surface area (Å²) in [6.45, 7) is 0.909. The summed E-state index contributed by atoms with van der Waals surface area (Å²) in [7, 11) is 0. The van der Waals surface area contributed by atoms with Gasteiger partial charge in [-0.1, -0.05) is 28.1 Å². The fraction of sp³-hybridized carbons (Fsp3) is 0.357. The van der Waals surface area contributed by atoms with Crippen molar-refractivity contribution >= 4 is 15.9 Å². The third-order valence-electron chi connectivity index (χ3n) is 3.61. The highest BCUT2D eigenvalue weighted by Crippen LogP contribution is 2.37. The molecule has 2 N–H and O–H groups in total. The molecule has 1 aromatic carbocycles. The number of halogens is 1. The van der Waals surface area contributed by atoms with Crippen LogP contribution in [0.5, 0.6) is 0 Å². The minimum absolute atomic E-state index is 0.642. The lowest BCUT2D eigenvalue weighted by Crippen LogP contribution is -2.39. The number of nitrogens with zero attached hydrogens (tertiary/aromatic N) is 1. The van der Waals surface area contributed by atoms with Crippen molar-refractivity contribution in [1.82, 2.24) is 15.5 Å². The Bertz CT molecular complexity index is 504. The first-order valence-electron chi connectivity index (χ1n) is 6.28. The second-order valence-corrected chi connectivity index (χ2v) is 5.82. The van der Waals surface area contributed by atoms with Crippen LogP contribution in [0.15, 0.2) is 41.1 Å². The van der Waals surface area contributed by atoms with Gasteiger partial charge in [0.1, 0.15) is 0 Å². The Morgan fingerprint density at radius 3 is 3.00 bits per heavy atom. The number of H-pyrrole nitrogens is 1. The highest BCUT2D eigenvalue weighted by Gasteiger charge is 2.29. The highest BCUT2D eigenvalue weighted by atomic mass is 79.9. The Kier molecular flexibility index (Phi) is 3.48. The maximum absolute atomic E-state index is 3.95. The van der Waals surface area contributed by atoms with Crippen molar-refractivity contribution < 1.29 is 0 Å². The lowest BCUT2D eigenvalue weighted by Gasteiger charge is -2.36. The van der Waals surface area contributed by atoms with Gasteiger partial charge in [-0.15, -0.1) is 0 Å². The molecule has 94 valence electrons. The third kappa shape index (κ3) is 2.65. The van der Waals surface area contributed by atoms with Crippen LogP contribution in [0.3, 0.4) is 0 Å². The van der Waals surface area contributed by atoms with Crippen LogP contribution < -0.4 is 5.32 Å². The molecule has 4 heteroatoms. The number of benzene rings is 1. The lowest BCUT2D eigenvalue weighted by molar-refractivity contribution is 0.289. The van der Waals surface area contributed by atoms with Gasteiger partial charge in [-0.05, 0) is 36.5 Å². The maximum atomic E-state index is 3.95. The van der Waals surface area contributed by atoms with Crippen LogP contribution in [0.25, 0.3) is 0 Å². The van der Waals surface area contributed by atoms with Crippen molar-refractivity contribution in [2.45, 2.75) is 31.3 Å². The molecule has 1 aliphatic carbocycles. The molecular weight excluding hydrogens is 290 g/mol. The molecule has 0 atom stereocenters. The van der Waals surface area contributed by atoms with Gasteiger partial charge in [0, 0.05) is 28.8 Å². The van der Waals surface area contributed by atoms with Gasteiger partial charge in [0.2, 0.25) is 0 Å². The van der Waals surface area contributed by atoms with E-state index in [4.69, 9.17) is 0 Å². The molecule has 0 bridgehead atoms. The topological polar surface area (TPSA) is 40.7 Å². The van der Waals surface area contributed by atoms with Crippen LogP contribution in [-0.4, -0.2) is 16.2 Å². The van der Waals surface area contributed by atoms with E-state index < -0.39 is 0 Å². The molecule has 18 heavy (non-hydrogen) atoms. The summed E-state index contributed by atoms with van der Waals surface area (Å²) in [5.41, 5.74) is 2.67. The standard InChI is InChI=1S/C14H16BrN3/c15-13-3-1-2-11(4-13)12-5-14(6-12)16-7-10-8-17-18-9-10/h1-4,8-9,12,14,16H,5-7H2,(H,17,18). The van der Waals surface area contributed by atoms with E-state index >= 15 is 0 Å². The van der Waals surface area contributed by atoms with Gasteiger partial charge in [-0.25, -0.2) is 0 Å². The van der Waals surface area contributed by atoms with Crippen molar-refractivity contribution in [3.63, 3.8) is 0 Å². The van der Waals surface area contributed by atoms with Crippen molar-refractivity contribution in [1.29, 1.82) is 0 Å². The first-order chi connectivity index (χ1) is 8.81. The van der Waals surface area contributed by atoms with Crippen LogP contribution in [0, 0.1) is 0 Å². The SMILES string of the molecule is Brc1cccc(C2CC(NCc3cn[nH]c3)C2)c1. The molecule has 1 fully saturated rings. The van der Waals surface area contributed by atoms with Gasteiger partial charge < -0.3 is 5.32 Å². The molecular formula is C14H16BrN3. The molecule has 0 unspecified atom stereocenters. The Morgan fingerprint density at radius 1 is 1.39 bits per heavy atom. The zero-order chi connectivity index (χ0) is 12.4. The molecule has 1 aliphatic rings. The molecule has 3 rings (SSSR count). The van der Waals surface area contributed by atoms with Crippen molar-refractivity contribution in [2.24, 2.45) is 0 Å². The quantitative estimate of drug-likeness (QED) is 0.910. The number of rotatable bonds is 4. The summed E-state index contributed by atoms with van der Waals surface area (Å²) in [5, 5.41) is 10.3. The second-order valence-electron chi connectivity index (χ2n) is 4.91. The Hall–Kier alpha value is -1.13. The predicted octanol–water partition coefficient (Wildman–Crippen LogP) is 3.21. The normalized spacial score (nSPS) is 22.7. The molecule has 1 heterocycles. The Balaban J connectivity index is 1.48. The number of nitrogens with one attached hydrogen (secondary N) is 2. The van der Waals surface area contributed by atoms with Gasteiger partial charge in [0.25, 0.3) is 0 Å². The molecule has 0 radical (unpaired) electrons. The van der Waals surface area contributed by atoms with E-state index in [2.05, 4.69) is 55.7 Å². The van der Waals surface area contributed by atoms with E-state index in [-0.39, 0.29) is 0 Å². The molecule has 1 saturated carbocycles. The van der Waals surface area contributed by atoms with Gasteiger partial charge >= 0.3 is 0 Å². The number of hydrogen-bond donors (Lipinski definition) is 2. The van der Waals surface area contributed by atoms with E-state index in [0.29, 0.717) is 12.0 Å². The van der Waals surface area contributed by atoms with Gasteiger partial charge in [-0.2, -0.15) is 5.10 Å². The van der Waals surface area contributed by atoms with Crippen molar-refractivity contribution in [3.05, 3.63) is 52.3 Å². The smallest absolute Gasteiger partial charge is 0.0532 e. The fourth-order valence-electron chi connectivity index (χ4n) is 2.45. The average Bonchev–Trinajstić information content (AvgIpc) is 2.80. The maximum Gasteiger partial charge on any atom is 0.0532 e. The van der Waals surface area contributed by atoms with E-state index in [0.717, 1.165) is 6.54 Å². The first-order valence-corrected chi connectivity index (χ1v) is 7.07. The van der Waals surface area contributed by atoms with E-state index in [1.54, 1.807) is 0 Å². The van der Waals surface area contributed by atoms with Crippen LogP contribution in [0.1, 0.15) is 29.9 Å². The van der Waals surface area contributed by atoms with E-state index in [1.165, 1.54) is 28.4 Å². The summed E-state index contributed by atoms with van der Waals surface area (Å²) in [6.07, 6.45) is 6.28. The van der Waals surface area contributed by atoms with E-state index in [9.17, 15) is 0 Å². The third-order valence-corrected chi connectivity index (χ3v) is 4.10. The summed E-state index contributed by atoms with van der Waals surface area (Å²) in [4.78, 5) is 0. The van der Waals surface area contributed by atoms with Gasteiger partial charge in [-0.3, -0.25) is 5.10 Å². The van der Waals surface area contributed by atoms with Crippen molar-refractivity contribution in [2.75, 3.05) is 0 Å². The molecule has 0 saturated heterocycles. The van der Waals surface area contributed by atoms with Crippen molar-refractivity contribution in [3.8, 4) is 0 Å². The van der Waals surface area contributed by atoms with Crippen LogP contribution >= 0.6 is 15.9 Å². The zero-order valence-corrected chi connectivity index (χ0v) is 11.7. The van der Waals surface area contributed by atoms with E-state index in [1.807, 2.05) is 12.4 Å². The Morgan fingerprint density at radius 2 is 2.28 bits per heavy atom. The highest BCUT2D eigenvalue weighted by molar-refractivity contribution is 9.10. The molecule has 1 aromatic heterocycles. The monoisotopic (exact) mass is 305 g/mol. The minimum atomic E-state index is 0.642. The first kappa shape index (κ1) is 11.9. The van der Waals surface area contributed by atoms with Gasteiger partial charge in [0.05, 0.1) is 6.20 Å². The largest absolute Gasteiger partial charge is 0.310 e. The predicted molar refractivity (Wildman–Crippen MR) is 75.3 cm³/mol. The number of aromatic nitrogens is 2. The van der Waals surface area contributed by atoms with Crippen LogP contribution in [0.2, 0.25) is 0 Å². The summed E-state index contributed by atoms with van der Waals surface area (Å²) in [5.74, 6) is 0.712. The molecule has 0 aliphatic heterocycles. The summed E-state index contributed by atoms with van der Waals surface area (Å²) < 4.78 is 1.18. The molecule has 0 spiro atoms. The molecule has 0 amide bonds. The lowest BCUT2D eigenvalue weighted by atomic mass is 9.76. The fourth-order valence-corrected chi connectivity index (χ4v) is 2.87. The van der Waals surface area contributed by atoms with Crippen LogP contribution in [0.4, 0.5) is 0 Å². The summed E-state index contributed by atoms with van der Waals surface area (Å²) >= 11 is 3.53. The average molecular weight is 306 g/mol.